The lowest BCUT2D eigenvalue weighted by molar-refractivity contribution is -0.207. The molecule has 0 unspecified atom stereocenters. The largest absolute Gasteiger partial charge is 0.465 e. The summed E-state index contributed by atoms with van der Waals surface area (Å²) in [4.78, 5) is 11.7. The molecule has 1 aliphatic rings. The summed E-state index contributed by atoms with van der Waals surface area (Å²) < 4.78 is 44.1. The quantitative estimate of drug-likeness (QED) is 0.789. The van der Waals surface area contributed by atoms with Crippen molar-refractivity contribution in [2.75, 3.05) is 6.61 Å². The topological polar surface area (TPSA) is 26.3 Å². The fourth-order valence-corrected chi connectivity index (χ4v) is 2.40. The van der Waals surface area contributed by atoms with E-state index < -0.39 is 23.5 Å². The minimum absolute atomic E-state index is 0.0655. The van der Waals surface area contributed by atoms with Crippen molar-refractivity contribution < 1.29 is 22.7 Å². The highest BCUT2D eigenvalue weighted by atomic mass is 35.5. The summed E-state index contributed by atoms with van der Waals surface area (Å²) in [5.41, 5.74) is -1.94. The zero-order chi connectivity index (χ0) is 14.3. The molecule has 2 rings (SSSR count). The molecule has 0 bridgehead atoms. The number of ether oxygens (including phenoxy) is 1. The van der Waals surface area contributed by atoms with Gasteiger partial charge in [0.1, 0.15) is 0 Å². The third-order valence-electron chi connectivity index (χ3n) is 3.38. The van der Waals surface area contributed by atoms with Crippen LogP contribution >= 0.6 is 11.6 Å². The van der Waals surface area contributed by atoms with E-state index in [2.05, 4.69) is 4.74 Å². The van der Waals surface area contributed by atoms with E-state index in [0.717, 1.165) is 0 Å². The second-order valence-corrected chi connectivity index (χ2v) is 4.93. The monoisotopic (exact) mass is 292 g/mol. The molecule has 1 aromatic carbocycles. The van der Waals surface area contributed by atoms with Crippen molar-refractivity contribution in [1.82, 2.24) is 0 Å². The first kappa shape index (κ1) is 14.2. The van der Waals surface area contributed by atoms with Gasteiger partial charge in [0.15, 0.2) is 5.41 Å². The van der Waals surface area contributed by atoms with Crippen LogP contribution in [0.5, 0.6) is 0 Å². The Morgan fingerprint density at radius 3 is 2.47 bits per heavy atom. The van der Waals surface area contributed by atoms with Crippen molar-refractivity contribution in [3.05, 3.63) is 34.9 Å². The Morgan fingerprint density at radius 2 is 2.00 bits per heavy atom. The summed E-state index contributed by atoms with van der Waals surface area (Å²) in [6.07, 6.45) is -4.87. The van der Waals surface area contributed by atoms with Gasteiger partial charge in [0.05, 0.1) is 6.61 Å². The minimum Gasteiger partial charge on any atom is -0.465 e. The van der Waals surface area contributed by atoms with Crippen molar-refractivity contribution >= 4 is 17.6 Å². The lowest BCUT2D eigenvalue weighted by Crippen LogP contribution is -2.35. The van der Waals surface area contributed by atoms with Gasteiger partial charge in [-0.15, -0.1) is 0 Å². The number of rotatable bonds is 3. The molecule has 0 N–H and O–H groups in total. The Balaban J connectivity index is 2.30. The van der Waals surface area contributed by atoms with Gasteiger partial charge in [-0.2, -0.15) is 13.2 Å². The third kappa shape index (κ3) is 2.31. The zero-order valence-electron chi connectivity index (χ0n) is 10.1. The molecule has 0 spiro atoms. The van der Waals surface area contributed by atoms with Crippen LogP contribution in [0.25, 0.3) is 0 Å². The van der Waals surface area contributed by atoms with Crippen LogP contribution in [0.3, 0.4) is 0 Å². The number of halogens is 4. The van der Waals surface area contributed by atoms with Gasteiger partial charge in [0, 0.05) is 10.9 Å². The first-order chi connectivity index (χ1) is 8.83. The predicted molar refractivity (Wildman–Crippen MR) is 63.9 cm³/mol. The van der Waals surface area contributed by atoms with Crippen LogP contribution in [0.4, 0.5) is 13.2 Å². The van der Waals surface area contributed by atoms with Crippen molar-refractivity contribution in [2.45, 2.75) is 25.4 Å². The molecule has 1 saturated carbocycles. The van der Waals surface area contributed by atoms with Crippen LogP contribution < -0.4 is 0 Å². The van der Waals surface area contributed by atoms with Crippen LogP contribution in [0.1, 0.15) is 24.8 Å². The molecule has 0 aromatic heterocycles. The van der Waals surface area contributed by atoms with Gasteiger partial charge in [-0.3, -0.25) is 4.79 Å². The highest BCUT2D eigenvalue weighted by Crippen LogP contribution is 2.68. The van der Waals surface area contributed by atoms with Crippen LogP contribution in [-0.2, 0) is 9.53 Å². The van der Waals surface area contributed by atoms with Gasteiger partial charge in [0.25, 0.3) is 0 Å². The Labute approximate surface area is 113 Å². The first-order valence-corrected chi connectivity index (χ1v) is 6.20. The van der Waals surface area contributed by atoms with Gasteiger partial charge in [-0.25, -0.2) is 0 Å². The molecule has 104 valence electrons. The van der Waals surface area contributed by atoms with Crippen LogP contribution in [0.15, 0.2) is 24.3 Å². The lowest BCUT2D eigenvalue weighted by atomic mass is 9.98. The number of alkyl halides is 3. The number of hydrogen-bond acceptors (Lipinski definition) is 2. The maximum atomic E-state index is 13.2. The van der Waals surface area contributed by atoms with Crippen LogP contribution in [-0.4, -0.2) is 18.8 Å². The summed E-state index contributed by atoms with van der Waals surface area (Å²) in [5.74, 6) is -2.08. The summed E-state index contributed by atoms with van der Waals surface area (Å²) in [6.45, 7) is 1.42. The first-order valence-electron chi connectivity index (χ1n) is 5.82. The van der Waals surface area contributed by atoms with Crippen LogP contribution in [0.2, 0.25) is 5.02 Å². The molecule has 0 amide bonds. The number of benzene rings is 1. The van der Waals surface area contributed by atoms with Crippen molar-refractivity contribution in [3.63, 3.8) is 0 Å². The normalized spacial score (nSPS) is 26.1. The Morgan fingerprint density at radius 1 is 1.42 bits per heavy atom. The zero-order valence-corrected chi connectivity index (χ0v) is 10.9. The fourth-order valence-electron chi connectivity index (χ4n) is 2.27. The van der Waals surface area contributed by atoms with E-state index in [-0.39, 0.29) is 13.0 Å². The van der Waals surface area contributed by atoms with E-state index in [1.165, 1.54) is 31.2 Å². The molecular formula is C13H12ClF3O2. The van der Waals surface area contributed by atoms with E-state index in [4.69, 9.17) is 11.6 Å². The predicted octanol–water partition coefficient (Wildman–Crippen LogP) is 3.94. The molecular weight excluding hydrogens is 281 g/mol. The molecule has 0 saturated heterocycles. The van der Waals surface area contributed by atoms with E-state index in [1.807, 2.05) is 0 Å². The molecule has 1 aliphatic carbocycles. The minimum atomic E-state index is -4.61. The van der Waals surface area contributed by atoms with E-state index in [1.54, 1.807) is 0 Å². The molecule has 1 fully saturated rings. The molecule has 1 aromatic rings. The van der Waals surface area contributed by atoms with Crippen molar-refractivity contribution in [3.8, 4) is 0 Å². The summed E-state index contributed by atoms with van der Waals surface area (Å²) in [6, 6.07) is 6.06. The maximum Gasteiger partial charge on any atom is 0.405 e. The van der Waals surface area contributed by atoms with E-state index in [9.17, 15) is 18.0 Å². The molecule has 2 atom stereocenters. The summed E-state index contributed by atoms with van der Waals surface area (Å²) in [5, 5.41) is 0.443. The average Bonchev–Trinajstić information content (AvgIpc) is 3.06. The smallest absolute Gasteiger partial charge is 0.405 e. The molecule has 0 radical (unpaired) electrons. The second-order valence-electron chi connectivity index (χ2n) is 4.50. The Bertz CT molecular complexity index is 484. The standard InChI is InChI=1S/C13H12ClF3O2/c1-2-19-11(18)12(13(15,16)17)7-10(12)8-3-5-9(14)6-4-8/h3-6,10H,2,7H2,1H3/t10-,12+/m1/s1. The van der Waals surface area contributed by atoms with Gasteiger partial charge in [0.2, 0.25) is 0 Å². The second kappa shape index (κ2) is 4.71. The number of carbonyl (C=O) groups is 1. The molecule has 2 nitrogen and oxygen atoms in total. The molecule has 6 heteroatoms. The molecule has 0 aliphatic heterocycles. The lowest BCUT2D eigenvalue weighted by Gasteiger charge is -2.19. The van der Waals surface area contributed by atoms with E-state index >= 15 is 0 Å². The van der Waals surface area contributed by atoms with Gasteiger partial charge < -0.3 is 4.74 Å². The Hall–Kier alpha value is -1.23. The SMILES string of the molecule is CCOC(=O)[C@]1(C(F)(F)F)C[C@@H]1c1ccc(Cl)cc1. The van der Waals surface area contributed by atoms with E-state index in [0.29, 0.717) is 10.6 Å². The van der Waals surface area contributed by atoms with Crippen molar-refractivity contribution in [1.29, 1.82) is 0 Å². The van der Waals surface area contributed by atoms with Gasteiger partial charge in [-0.05, 0) is 31.0 Å². The third-order valence-corrected chi connectivity index (χ3v) is 3.63. The summed E-state index contributed by atoms with van der Waals surface area (Å²) in [7, 11) is 0. The number of hydrogen-bond donors (Lipinski definition) is 0. The molecule has 0 heterocycles. The maximum absolute atomic E-state index is 13.2. The average molecular weight is 293 g/mol. The Kier molecular flexibility index (Phi) is 3.51. The van der Waals surface area contributed by atoms with Gasteiger partial charge in [-0.1, -0.05) is 23.7 Å². The highest BCUT2D eigenvalue weighted by molar-refractivity contribution is 6.30. The number of esters is 1. The van der Waals surface area contributed by atoms with Crippen LogP contribution in [0, 0.1) is 5.41 Å². The van der Waals surface area contributed by atoms with Gasteiger partial charge >= 0.3 is 12.1 Å². The number of carbonyl (C=O) groups excluding carboxylic acids is 1. The fraction of sp³-hybridized carbons (Fsp3) is 0.462. The molecule has 19 heavy (non-hydrogen) atoms. The highest BCUT2D eigenvalue weighted by Gasteiger charge is 2.76. The summed E-state index contributed by atoms with van der Waals surface area (Å²) >= 11 is 5.70. The van der Waals surface area contributed by atoms with Crippen molar-refractivity contribution in [2.24, 2.45) is 5.41 Å².